The van der Waals surface area contributed by atoms with Crippen molar-refractivity contribution in [1.82, 2.24) is 0 Å². The highest BCUT2D eigenvalue weighted by Crippen LogP contribution is 2.22. The average Bonchev–Trinajstić information content (AvgIpc) is 2.26. The number of aliphatic carboxylic acids is 1. The van der Waals surface area contributed by atoms with Crippen molar-refractivity contribution < 1.29 is 20.1 Å². The number of carboxylic acid groups (broad SMARTS) is 1. The van der Waals surface area contributed by atoms with Crippen LogP contribution in [0.5, 0.6) is 0 Å². The van der Waals surface area contributed by atoms with E-state index in [-0.39, 0.29) is 11.1 Å². The van der Waals surface area contributed by atoms with Crippen LogP contribution < -0.4 is 0 Å². The SMILES string of the molecule is Cc1ccc(C#N)c(C(O)C(O)C(=O)O)c1. The van der Waals surface area contributed by atoms with Crippen LogP contribution in [0.2, 0.25) is 0 Å². The van der Waals surface area contributed by atoms with Crippen molar-refractivity contribution >= 4 is 5.97 Å². The van der Waals surface area contributed by atoms with Gasteiger partial charge in [0.15, 0.2) is 6.10 Å². The number of aliphatic hydroxyl groups excluding tert-OH is 2. The van der Waals surface area contributed by atoms with E-state index in [1.54, 1.807) is 13.0 Å². The number of carboxylic acids is 1. The Morgan fingerprint density at radius 1 is 1.44 bits per heavy atom. The number of nitriles is 1. The maximum Gasteiger partial charge on any atom is 0.335 e. The molecule has 5 nitrogen and oxygen atoms in total. The molecule has 0 aliphatic heterocycles. The zero-order valence-corrected chi connectivity index (χ0v) is 8.58. The second-order valence-electron chi connectivity index (χ2n) is 3.43. The van der Waals surface area contributed by atoms with Crippen LogP contribution in [-0.4, -0.2) is 27.4 Å². The van der Waals surface area contributed by atoms with Crippen molar-refractivity contribution in [2.24, 2.45) is 0 Å². The van der Waals surface area contributed by atoms with Crippen LogP contribution in [0.4, 0.5) is 0 Å². The average molecular weight is 221 g/mol. The molecule has 2 atom stereocenters. The Kier molecular flexibility index (Phi) is 3.61. The molecule has 1 aromatic rings. The van der Waals surface area contributed by atoms with Crippen molar-refractivity contribution in [3.05, 3.63) is 34.9 Å². The molecule has 0 spiro atoms. The predicted molar refractivity (Wildman–Crippen MR) is 54.5 cm³/mol. The van der Waals surface area contributed by atoms with Gasteiger partial charge in [-0.1, -0.05) is 17.7 Å². The van der Waals surface area contributed by atoms with Crippen LogP contribution >= 0.6 is 0 Å². The summed E-state index contributed by atoms with van der Waals surface area (Å²) in [6.45, 7) is 1.74. The molecular weight excluding hydrogens is 210 g/mol. The Hall–Kier alpha value is -1.90. The van der Waals surface area contributed by atoms with Crippen molar-refractivity contribution in [3.8, 4) is 6.07 Å². The molecule has 0 radical (unpaired) electrons. The van der Waals surface area contributed by atoms with E-state index >= 15 is 0 Å². The number of carbonyl (C=O) groups is 1. The summed E-state index contributed by atoms with van der Waals surface area (Å²) < 4.78 is 0. The minimum atomic E-state index is -1.94. The second kappa shape index (κ2) is 4.75. The van der Waals surface area contributed by atoms with Crippen LogP contribution in [0, 0.1) is 18.3 Å². The van der Waals surface area contributed by atoms with E-state index in [0.29, 0.717) is 0 Å². The summed E-state index contributed by atoms with van der Waals surface area (Å²) in [5.74, 6) is -1.53. The molecule has 0 saturated carbocycles. The zero-order valence-electron chi connectivity index (χ0n) is 8.58. The van der Waals surface area contributed by atoms with E-state index in [1.165, 1.54) is 12.1 Å². The van der Waals surface area contributed by atoms with Gasteiger partial charge in [0.1, 0.15) is 6.10 Å². The van der Waals surface area contributed by atoms with Crippen LogP contribution in [0.1, 0.15) is 22.8 Å². The normalized spacial score (nSPS) is 13.9. The molecule has 0 saturated heterocycles. The van der Waals surface area contributed by atoms with E-state index in [0.717, 1.165) is 5.56 Å². The Labute approximate surface area is 92.2 Å². The van der Waals surface area contributed by atoms with Gasteiger partial charge < -0.3 is 15.3 Å². The van der Waals surface area contributed by atoms with Gasteiger partial charge in [0, 0.05) is 5.56 Å². The molecule has 0 fully saturated rings. The van der Waals surface area contributed by atoms with Gasteiger partial charge in [-0.05, 0) is 13.0 Å². The molecule has 3 N–H and O–H groups in total. The van der Waals surface area contributed by atoms with Gasteiger partial charge in [-0.2, -0.15) is 5.26 Å². The lowest BCUT2D eigenvalue weighted by molar-refractivity contribution is -0.153. The molecule has 0 heterocycles. The number of nitrogens with zero attached hydrogens (tertiary/aromatic N) is 1. The summed E-state index contributed by atoms with van der Waals surface area (Å²) >= 11 is 0. The maximum atomic E-state index is 10.5. The molecule has 5 heteroatoms. The zero-order chi connectivity index (χ0) is 12.3. The third-order valence-electron chi connectivity index (χ3n) is 2.20. The standard InChI is InChI=1S/C11H11NO4/c1-6-2-3-7(5-12)8(4-6)9(13)10(14)11(15)16/h2-4,9-10,13-14H,1H3,(H,15,16). The van der Waals surface area contributed by atoms with Crippen LogP contribution in [-0.2, 0) is 4.79 Å². The number of benzene rings is 1. The highest BCUT2D eigenvalue weighted by molar-refractivity contribution is 5.73. The summed E-state index contributed by atoms with van der Waals surface area (Å²) in [4.78, 5) is 10.5. The van der Waals surface area contributed by atoms with Gasteiger partial charge in [0.25, 0.3) is 0 Å². The largest absolute Gasteiger partial charge is 0.479 e. The van der Waals surface area contributed by atoms with Crippen molar-refractivity contribution in [2.75, 3.05) is 0 Å². The van der Waals surface area contributed by atoms with Gasteiger partial charge in [0.05, 0.1) is 11.6 Å². The minimum absolute atomic E-state index is 0.123. The number of aryl methyl sites for hydroxylation is 1. The molecule has 0 bridgehead atoms. The van der Waals surface area contributed by atoms with E-state index in [1.807, 2.05) is 6.07 Å². The van der Waals surface area contributed by atoms with Crippen LogP contribution in [0.25, 0.3) is 0 Å². The Balaban J connectivity index is 3.17. The lowest BCUT2D eigenvalue weighted by Crippen LogP contribution is -2.28. The van der Waals surface area contributed by atoms with Crippen molar-refractivity contribution in [1.29, 1.82) is 5.26 Å². The topological polar surface area (TPSA) is 102 Å². The van der Waals surface area contributed by atoms with E-state index in [4.69, 9.17) is 10.4 Å². The molecule has 0 amide bonds. The fourth-order valence-corrected chi connectivity index (χ4v) is 1.33. The van der Waals surface area contributed by atoms with E-state index < -0.39 is 18.2 Å². The van der Waals surface area contributed by atoms with Gasteiger partial charge >= 0.3 is 5.97 Å². The summed E-state index contributed by atoms with van der Waals surface area (Å²) in [5, 5.41) is 36.2. The summed E-state index contributed by atoms with van der Waals surface area (Å²) in [7, 11) is 0. The second-order valence-corrected chi connectivity index (χ2v) is 3.43. The molecule has 0 aliphatic carbocycles. The quantitative estimate of drug-likeness (QED) is 0.683. The van der Waals surface area contributed by atoms with Gasteiger partial charge in [-0.25, -0.2) is 4.79 Å². The van der Waals surface area contributed by atoms with Crippen molar-refractivity contribution in [3.63, 3.8) is 0 Å². The molecule has 0 aromatic heterocycles. The van der Waals surface area contributed by atoms with Gasteiger partial charge in [0.2, 0.25) is 0 Å². The maximum absolute atomic E-state index is 10.5. The number of hydrogen-bond acceptors (Lipinski definition) is 4. The molecular formula is C11H11NO4. The third kappa shape index (κ3) is 2.37. The molecule has 0 aliphatic rings. The monoisotopic (exact) mass is 221 g/mol. The number of aliphatic hydroxyl groups is 2. The van der Waals surface area contributed by atoms with Crippen LogP contribution in [0.15, 0.2) is 18.2 Å². The number of rotatable bonds is 3. The Morgan fingerprint density at radius 2 is 2.06 bits per heavy atom. The summed E-state index contributed by atoms with van der Waals surface area (Å²) in [6, 6.07) is 6.46. The predicted octanol–water partition coefficient (Wildman–Crippen LogP) is 0.346. The number of hydrogen-bond donors (Lipinski definition) is 3. The lowest BCUT2D eigenvalue weighted by Gasteiger charge is -2.16. The first kappa shape index (κ1) is 12.2. The highest BCUT2D eigenvalue weighted by Gasteiger charge is 2.27. The Morgan fingerprint density at radius 3 is 2.56 bits per heavy atom. The molecule has 16 heavy (non-hydrogen) atoms. The van der Waals surface area contributed by atoms with Gasteiger partial charge in [-0.3, -0.25) is 0 Å². The van der Waals surface area contributed by atoms with Crippen molar-refractivity contribution in [2.45, 2.75) is 19.1 Å². The van der Waals surface area contributed by atoms with E-state index in [9.17, 15) is 15.0 Å². The summed E-state index contributed by atoms with van der Waals surface area (Å²) in [6.07, 6.45) is -3.54. The highest BCUT2D eigenvalue weighted by atomic mass is 16.4. The minimum Gasteiger partial charge on any atom is -0.479 e. The molecule has 84 valence electrons. The molecule has 1 rings (SSSR count). The molecule has 2 unspecified atom stereocenters. The van der Waals surface area contributed by atoms with E-state index in [2.05, 4.69) is 0 Å². The fourth-order valence-electron chi connectivity index (χ4n) is 1.33. The third-order valence-corrected chi connectivity index (χ3v) is 2.20. The fraction of sp³-hybridized carbons (Fsp3) is 0.273. The van der Waals surface area contributed by atoms with Gasteiger partial charge in [-0.15, -0.1) is 0 Å². The Bertz CT molecular complexity index is 450. The first-order chi connectivity index (χ1) is 7.47. The van der Waals surface area contributed by atoms with Crippen LogP contribution in [0.3, 0.4) is 0 Å². The molecule has 1 aromatic carbocycles. The first-order valence-corrected chi connectivity index (χ1v) is 4.57. The summed E-state index contributed by atoms with van der Waals surface area (Å²) in [5.41, 5.74) is 1.04. The smallest absolute Gasteiger partial charge is 0.335 e. The first-order valence-electron chi connectivity index (χ1n) is 4.57. The lowest BCUT2D eigenvalue weighted by atomic mass is 9.97.